The summed E-state index contributed by atoms with van der Waals surface area (Å²) in [4.78, 5) is 24.5. The minimum absolute atomic E-state index is 0.00197. The first-order chi connectivity index (χ1) is 13.7. The summed E-state index contributed by atoms with van der Waals surface area (Å²) in [7, 11) is 0. The molecule has 0 fully saturated rings. The highest BCUT2D eigenvalue weighted by Crippen LogP contribution is 2.43. The number of amides is 1. The van der Waals surface area contributed by atoms with Crippen LogP contribution in [-0.4, -0.2) is 20.9 Å². The number of hydrogen-bond donors (Lipinski definition) is 2. The Labute approximate surface area is 165 Å². The Morgan fingerprint density at radius 2 is 1.97 bits per heavy atom. The van der Waals surface area contributed by atoms with Crippen LogP contribution in [-0.2, 0) is 6.18 Å². The van der Waals surface area contributed by atoms with E-state index in [0.29, 0.717) is 11.3 Å². The van der Waals surface area contributed by atoms with E-state index in [0.717, 1.165) is 17.4 Å². The molecule has 0 aromatic carbocycles. The van der Waals surface area contributed by atoms with Crippen molar-refractivity contribution >= 4 is 39.2 Å². The van der Waals surface area contributed by atoms with Crippen LogP contribution in [0.5, 0.6) is 0 Å². The molecule has 0 unspecified atom stereocenters. The second-order valence-corrected chi connectivity index (χ2v) is 7.06. The zero-order valence-corrected chi connectivity index (χ0v) is 15.6. The molecule has 4 heterocycles. The largest absolute Gasteiger partial charge is 0.432 e. The molecule has 0 spiro atoms. The average Bonchev–Trinajstić information content (AvgIpc) is 3.24. The monoisotopic (exact) mass is 419 g/mol. The van der Waals surface area contributed by atoms with Gasteiger partial charge in [0.25, 0.3) is 5.91 Å². The summed E-state index contributed by atoms with van der Waals surface area (Å²) in [5, 5.41) is 2.07. The molecular weight excluding hydrogens is 407 g/mol. The first-order valence-electron chi connectivity index (χ1n) is 8.18. The molecule has 0 saturated heterocycles. The van der Waals surface area contributed by atoms with Gasteiger partial charge in [0.05, 0.1) is 22.6 Å². The first kappa shape index (κ1) is 18.9. The van der Waals surface area contributed by atoms with Gasteiger partial charge in [0, 0.05) is 23.3 Å². The number of aromatic nitrogens is 3. The molecule has 0 saturated carbocycles. The van der Waals surface area contributed by atoms with E-state index in [1.807, 2.05) is 0 Å². The minimum atomic E-state index is -4.69. The molecule has 4 aromatic rings. The zero-order valence-electron chi connectivity index (χ0n) is 14.7. The fourth-order valence-electron chi connectivity index (χ4n) is 2.75. The van der Waals surface area contributed by atoms with Gasteiger partial charge in [0.2, 0.25) is 0 Å². The number of carbonyl (C=O) groups is 1. The van der Waals surface area contributed by atoms with E-state index in [9.17, 15) is 18.0 Å². The van der Waals surface area contributed by atoms with Gasteiger partial charge in [-0.25, -0.2) is 4.98 Å². The molecule has 0 aliphatic heterocycles. The smallest absolute Gasteiger partial charge is 0.417 e. The van der Waals surface area contributed by atoms with E-state index in [-0.39, 0.29) is 32.5 Å². The summed E-state index contributed by atoms with van der Waals surface area (Å²) in [5.41, 5.74) is 5.77. The van der Waals surface area contributed by atoms with E-state index < -0.39 is 17.6 Å². The second-order valence-electron chi connectivity index (χ2n) is 6.06. The molecule has 4 rings (SSSR count). The summed E-state index contributed by atoms with van der Waals surface area (Å²) in [6, 6.07) is 3.93. The number of oxazole rings is 1. The Kier molecular flexibility index (Phi) is 4.46. The van der Waals surface area contributed by atoms with Crippen molar-refractivity contribution in [3.63, 3.8) is 0 Å². The van der Waals surface area contributed by atoms with Gasteiger partial charge in [-0.1, -0.05) is 0 Å². The number of thiophene rings is 1. The van der Waals surface area contributed by atoms with Crippen LogP contribution in [0.3, 0.4) is 0 Å². The van der Waals surface area contributed by atoms with E-state index in [1.165, 1.54) is 18.7 Å². The quantitative estimate of drug-likeness (QED) is 0.506. The van der Waals surface area contributed by atoms with Crippen molar-refractivity contribution in [2.45, 2.75) is 13.1 Å². The lowest BCUT2D eigenvalue weighted by molar-refractivity contribution is -0.136. The van der Waals surface area contributed by atoms with Crippen molar-refractivity contribution in [2.24, 2.45) is 0 Å². The van der Waals surface area contributed by atoms with Gasteiger partial charge in [-0.2, -0.15) is 18.2 Å². The molecule has 0 radical (unpaired) electrons. The predicted molar refractivity (Wildman–Crippen MR) is 101 cm³/mol. The number of nitrogen functional groups attached to an aromatic ring is 1. The van der Waals surface area contributed by atoms with Crippen LogP contribution in [0.2, 0.25) is 0 Å². The summed E-state index contributed by atoms with van der Waals surface area (Å²) in [6.45, 7) is 1.66. The lowest BCUT2D eigenvalue weighted by Gasteiger charge is -2.11. The summed E-state index contributed by atoms with van der Waals surface area (Å²) in [6.07, 6.45) is -0.456. The Morgan fingerprint density at radius 1 is 1.24 bits per heavy atom. The van der Waals surface area contributed by atoms with E-state index in [1.54, 1.807) is 19.1 Å². The molecule has 4 aromatic heterocycles. The molecule has 0 bridgehead atoms. The fraction of sp³-hybridized carbons (Fsp3) is 0.111. The van der Waals surface area contributed by atoms with Gasteiger partial charge in [0.15, 0.2) is 0 Å². The van der Waals surface area contributed by atoms with Crippen LogP contribution >= 0.6 is 11.3 Å². The third kappa shape index (κ3) is 3.51. The number of nitrogens with zero attached hydrogens (tertiary/aromatic N) is 3. The molecule has 11 heteroatoms. The normalized spacial score (nSPS) is 11.7. The summed E-state index contributed by atoms with van der Waals surface area (Å²) in [5.74, 6) is -0.731. The Balaban J connectivity index is 1.86. The van der Waals surface area contributed by atoms with Gasteiger partial charge in [-0.3, -0.25) is 15.1 Å². The molecule has 0 aliphatic carbocycles. The number of nitrogens with two attached hydrogens (primary N) is 1. The summed E-state index contributed by atoms with van der Waals surface area (Å²) < 4.78 is 46.3. The molecule has 3 N–H and O–H groups in total. The standard InChI is InChI=1S/C18H12F3N5O2S/c1-8-7-28-17(24-8)26-15(27)14-13(22)12-10(18(19,20)21)6-11(25-16(12)29-14)9-2-4-23-5-3-9/h2-7H,22H2,1H3,(H,24,26,27). The topological polar surface area (TPSA) is 107 Å². The number of hydrogen-bond acceptors (Lipinski definition) is 7. The highest BCUT2D eigenvalue weighted by molar-refractivity contribution is 7.21. The Morgan fingerprint density at radius 3 is 2.59 bits per heavy atom. The van der Waals surface area contributed by atoms with Crippen molar-refractivity contribution in [3.8, 4) is 11.3 Å². The molecule has 1 amide bonds. The van der Waals surface area contributed by atoms with Crippen LogP contribution < -0.4 is 11.1 Å². The zero-order chi connectivity index (χ0) is 20.8. The van der Waals surface area contributed by atoms with Crippen molar-refractivity contribution in [1.82, 2.24) is 15.0 Å². The number of rotatable bonds is 3. The third-order valence-electron chi connectivity index (χ3n) is 4.03. The number of alkyl halides is 3. The number of fused-ring (bicyclic) bond motifs is 1. The molecule has 148 valence electrons. The maximum absolute atomic E-state index is 13.7. The average molecular weight is 419 g/mol. The van der Waals surface area contributed by atoms with Crippen LogP contribution in [0, 0.1) is 6.92 Å². The number of halogens is 3. The number of pyridine rings is 2. The van der Waals surface area contributed by atoms with Crippen LogP contribution in [0.4, 0.5) is 24.9 Å². The van der Waals surface area contributed by atoms with Crippen LogP contribution in [0.1, 0.15) is 20.9 Å². The fourth-order valence-corrected chi connectivity index (χ4v) is 3.76. The minimum Gasteiger partial charge on any atom is -0.432 e. The molecular formula is C18H12F3N5O2S. The van der Waals surface area contributed by atoms with Gasteiger partial charge < -0.3 is 10.2 Å². The molecule has 0 aliphatic rings. The lowest BCUT2D eigenvalue weighted by Crippen LogP contribution is -2.12. The second kappa shape index (κ2) is 6.85. The third-order valence-corrected chi connectivity index (χ3v) is 5.12. The Hall–Kier alpha value is -3.47. The van der Waals surface area contributed by atoms with Gasteiger partial charge in [0.1, 0.15) is 16.0 Å². The highest BCUT2D eigenvalue weighted by Gasteiger charge is 2.36. The molecule has 7 nitrogen and oxygen atoms in total. The van der Waals surface area contributed by atoms with E-state index >= 15 is 0 Å². The van der Waals surface area contributed by atoms with Crippen molar-refractivity contribution in [3.05, 3.63) is 53.0 Å². The van der Waals surface area contributed by atoms with Crippen molar-refractivity contribution in [2.75, 3.05) is 11.1 Å². The van der Waals surface area contributed by atoms with E-state index in [4.69, 9.17) is 10.2 Å². The van der Waals surface area contributed by atoms with Crippen LogP contribution in [0.25, 0.3) is 21.5 Å². The van der Waals surface area contributed by atoms with Crippen molar-refractivity contribution in [1.29, 1.82) is 0 Å². The predicted octanol–water partition coefficient (Wildman–Crippen LogP) is 4.51. The maximum atomic E-state index is 13.7. The van der Waals surface area contributed by atoms with Gasteiger partial charge in [-0.15, -0.1) is 11.3 Å². The number of aryl methyl sites for hydroxylation is 1. The van der Waals surface area contributed by atoms with Gasteiger partial charge >= 0.3 is 12.2 Å². The number of nitrogens with one attached hydrogen (secondary N) is 1. The van der Waals surface area contributed by atoms with Gasteiger partial charge in [-0.05, 0) is 25.1 Å². The summed E-state index contributed by atoms with van der Waals surface area (Å²) >= 11 is 0.764. The lowest BCUT2D eigenvalue weighted by atomic mass is 10.1. The van der Waals surface area contributed by atoms with Crippen molar-refractivity contribution < 1.29 is 22.4 Å². The maximum Gasteiger partial charge on any atom is 0.417 e. The molecule has 29 heavy (non-hydrogen) atoms. The Bertz CT molecular complexity index is 1220. The van der Waals surface area contributed by atoms with Crippen LogP contribution in [0.15, 0.2) is 41.3 Å². The number of carbonyl (C=O) groups excluding carboxylic acids is 1. The number of anilines is 2. The highest BCUT2D eigenvalue weighted by atomic mass is 32.1. The molecule has 0 atom stereocenters. The van der Waals surface area contributed by atoms with E-state index in [2.05, 4.69) is 20.3 Å². The SMILES string of the molecule is Cc1coc(NC(=O)c2sc3nc(-c4ccncc4)cc(C(F)(F)F)c3c2N)n1. The first-order valence-corrected chi connectivity index (χ1v) is 9.00.